The van der Waals surface area contributed by atoms with Crippen molar-refractivity contribution in [1.82, 2.24) is 14.5 Å². The average molecular weight is 462 g/mol. The van der Waals surface area contributed by atoms with Crippen LogP contribution in [0.3, 0.4) is 0 Å². The number of aromatic nitrogens is 3. The van der Waals surface area contributed by atoms with E-state index in [0.717, 1.165) is 30.5 Å². The minimum absolute atomic E-state index is 0.0243. The van der Waals surface area contributed by atoms with Gasteiger partial charge in [0.2, 0.25) is 5.95 Å². The van der Waals surface area contributed by atoms with Gasteiger partial charge in [-0.15, -0.1) is 13.2 Å². The quantitative estimate of drug-likeness (QED) is 0.432. The number of nitrogens with one attached hydrogen (secondary N) is 1. The molecule has 0 unspecified atom stereocenters. The van der Waals surface area contributed by atoms with E-state index in [1.54, 1.807) is 6.07 Å². The zero-order chi connectivity index (χ0) is 23.2. The Bertz CT molecular complexity index is 1340. The summed E-state index contributed by atoms with van der Waals surface area (Å²) in [6, 6.07) is 8.34. The number of fused-ring (bicyclic) bond motifs is 2. The predicted molar refractivity (Wildman–Crippen MR) is 110 cm³/mol. The lowest BCUT2D eigenvalue weighted by molar-refractivity contribution is -0.274. The number of carboxylic acid groups (broad SMARTS) is 1. The maximum Gasteiger partial charge on any atom is 0.573 e. The lowest BCUT2D eigenvalue weighted by Gasteiger charge is -2.25. The lowest BCUT2D eigenvalue weighted by atomic mass is 10.1. The van der Waals surface area contributed by atoms with Crippen LogP contribution in [0.4, 0.5) is 25.1 Å². The number of alkyl halides is 3. The minimum Gasteiger partial charge on any atom is -0.478 e. The maximum atomic E-state index is 12.5. The summed E-state index contributed by atoms with van der Waals surface area (Å²) in [7, 11) is 0. The van der Waals surface area contributed by atoms with E-state index in [1.165, 1.54) is 18.2 Å². The fourth-order valence-corrected chi connectivity index (χ4v) is 3.88. The molecule has 3 heterocycles. The summed E-state index contributed by atoms with van der Waals surface area (Å²) in [4.78, 5) is 20.2. The smallest absolute Gasteiger partial charge is 0.478 e. The summed E-state index contributed by atoms with van der Waals surface area (Å²) < 4.78 is 54.4. The van der Waals surface area contributed by atoms with Crippen LogP contribution < -0.4 is 10.1 Å². The number of nitrogens with zero attached hydrogens (tertiary/aromatic N) is 3. The number of ether oxygens (including phenoxy) is 2. The molecule has 0 amide bonds. The summed E-state index contributed by atoms with van der Waals surface area (Å²) >= 11 is 0. The molecule has 1 aliphatic rings. The van der Waals surface area contributed by atoms with Gasteiger partial charge in [0.15, 0.2) is 5.58 Å². The van der Waals surface area contributed by atoms with Crippen molar-refractivity contribution in [2.45, 2.75) is 25.2 Å². The molecule has 1 fully saturated rings. The van der Waals surface area contributed by atoms with Crippen molar-refractivity contribution >= 4 is 40.1 Å². The largest absolute Gasteiger partial charge is 0.573 e. The molecule has 172 valence electrons. The Labute approximate surface area is 183 Å². The summed E-state index contributed by atoms with van der Waals surface area (Å²) in [5.74, 6) is -1.12. The zero-order valence-corrected chi connectivity index (χ0v) is 16.9. The molecule has 9 nitrogen and oxygen atoms in total. The van der Waals surface area contributed by atoms with E-state index in [4.69, 9.17) is 9.15 Å². The topological polar surface area (TPSA) is 112 Å². The summed E-state index contributed by atoms with van der Waals surface area (Å²) in [6.45, 7) is 1.14. The molecule has 0 saturated carbocycles. The Kier molecular flexibility index (Phi) is 5.08. The normalized spacial score (nSPS) is 15.2. The highest BCUT2D eigenvalue weighted by Gasteiger charge is 2.31. The van der Waals surface area contributed by atoms with E-state index < -0.39 is 18.1 Å². The third-order valence-electron chi connectivity index (χ3n) is 5.30. The highest BCUT2D eigenvalue weighted by Crippen LogP contribution is 2.33. The van der Waals surface area contributed by atoms with Crippen molar-refractivity contribution in [1.29, 1.82) is 0 Å². The number of oxazole rings is 1. The van der Waals surface area contributed by atoms with Crippen LogP contribution in [0, 0.1) is 0 Å². The molecule has 0 bridgehead atoms. The molecule has 2 aromatic heterocycles. The summed E-state index contributed by atoms with van der Waals surface area (Å²) in [5, 5.41) is 12.3. The number of halogens is 3. The Morgan fingerprint density at radius 1 is 1.12 bits per heavy atom. The first kappa shape index (κ1) is 21.1. The third-order valence-corrected chi connectivity index (χ3v) is 5.30. The predicted octanol–water partition coefficient (Wildman–Crippen LogP) is 4.87. The van der Waals surface area contributed by atoms with Gasteiger partial charge in [0, 0.05) is 25.3 Å². The van der Waals surface area contributed by atoms with Gasteiger partial charge in [0.05, 0.1) is 16.6 Å². The molecule has 4 aromatic rings. The van der Waals surface area contributed by atoms with Crippen LogP contribution in [0.1, 0.15) is 29.2 Å². The molecular weight excluding hydrogens is 445 g/mol. The number of hydrogen-bond acceptors (Lipinski definition) is 7. The van der Waals surface area contributed by atoms with Gasteiger partial charge < -0.3 is 23.6 Å². The van der Waals surface area contributed by atoms with E-state index in [0.29, 0.717) is 30.2 Å². The molecule has 12 heteroatoms. The minimum atomic E-state index is -4.82. The van der Waals surface area contributed by atoms with Crippen LogP contribution in [0.2, 0.25) is 0 Å². The van der Waals surface area contributed by atoms with Crippen LogP contribution in [-0.4, -0.2) is 45.2 Å². The first-order chi connectivity index (χ1) is 15.8. The molecule has 0 spiro atoms. The Hall–Kier alpha value is -3.80. The summed E-state index contributed by atoms with van der Waals surface area (Å²) in [5.41, 5.74) is 1.73. The van der Waals surface area contributed by atoms with Crippen molar-refractivity contribution in [3.63, 3.8) is 0 Å². The molecule has 2 N–H and O–H groups in total. The number of carboxylic acids is 1. The van der Waals surface area contributed by atoms with Crippen LogP contribution in [0.25, 0.3) is 22.1 Å². The van der Waals surface area contributed by atoms with Gasteiger partial charge in [-0.3, -0.25) is 5.32 Å². The number of aromatic carboxylic acids is 1. The number of benzene rings is 2. The number of carbonyl (C=O) groups is 1. The number of anilines is 2. The standard InChI is InChI=1S/C21H17F3N4O5/c22-21(23,24)33-13-2-3-14-17(10-13)32-20(26-14)27-19-25-15-9-11(18(29)30)1-4-16(15)28(19)12-5-7-31-8-6-12/h1-4,9-10,12H,5-8H2,(H,29,30)(H,25,26,27). The van der Waals surface area contributed by atoms with Gasteiger partial charge in [-0.1, -0.05) is 0 Å². The van der Waals surface area contributed by atoms with Crippen molar-refractivity contribution in [3.05, 3.63) is 42.0 Å². The Morgan fingerprint density at radius 2 is 1.91 bits per heavy atom. The molecule has 0 atom stereocenters. The molecule has 1 saturated heterocycles. The van der Waals surface area contributed by atoms with Crippen molar-refractivity contribution < 1.29 is 37.0 Å². The lowest BCUT2D eigenvalue weighted by Crippen LogP contribution is -2.20. The maximum absolute atomic E-state index is 12.5. The second-order valence-electron chi connectivity index (χ2n) is 7.48. The molecule has 33 heavy (non-hydrogen) atoms. The van der Waals surface area contributed by atoms with Gasteiger partial charge in [0.1, 0.15) is 11.3 Å². The van der Waals surface area contributed by atoms with Crippen LogP contribution in [0.15, 0.2) is 40.8 Å². The number of imidazole rings is 1. The van der Waals surface area contributed by atoms with Gasteiger partial charge in [-0.25, -0.2) is 9.78 Å². The molecule has 0 radical (unpaired) electrons. The first-order valence-electron chi connectivity index (χ1n) is 10.0. The van der Waals surface area contributed by atoms with Gasteiger partial charge in [-0.2, -0.15) is 4.98 Å². The number of rotatable bonds is 5. The van der Waals surface area contributed by atoms with Gasteiger partial charge in [0.25, 0.3) is 0 Å². The summed E-state index contributed by atoms with van der Waals surface area (Å²) in [6.07, 6.45) is -3.36. The van der Waals surface area contributed by atoms with Crippen LogP contribution in [0.5, 0.6) is 5.75 Å². The Balaban J connectivity index is 1.53. The SMILES string of the molecule is O=C(O)c1ccc2c(c1)nc(Nc1nc3ccc(OC(F)(F)F)cc3o1)n2C1CCOCC1. The molecule has 5 rings (SSSR count). The molecule has 2 aromatic carbocycles. The van der Waals surface area contributed by atoms with Gasteiger partial charge in [-0.05, 0) is 43.2 Å². The second kappa shape index (κ2) is 7.96. The molecule has 1 aliphatic heterocycles. The highest BCUT2D eigenvalue weighted by molar-refractivity contribution is 5.93. The van der Waals surface area contributed by atoms with Crippen molar-refractivity contribution in [2.75, 3.05) is 18.5 Å². The van der Waals surface area contributed by atoms with E-state index in [2.05, 4.69) is 20.0 Å². The highest BCUT2D eigenvalue weighted by atomic mass is 19.4. The van der Waals surface area contributed by atoms with Crippen LogP contribution >= 0.6 is 0 Å². The monoisotopic (exact) mass is 462 g/mol. The third kappa shape index (κ3) is 4.29. The van der Waals surface area contributed by atoms with Crippen molar-refractivity contribution in [2.24, 2.45) is 0 Å². The van der Waals surface area contributed by atoms with Crippen LogP contribution in [-0.2, 0) is 4.74 Å². The first-order valence-corrected chi connectivity index (χ1v) is 10.0. The van der Waals surface area contributed by atoms with E-state index in [9.17, 15) is 23.1 Å². The number of hydrogen-bond donors (Lipinski definition) is 2. The fourth-order valence-electron chi connectivity index (χ4n) is 3.88. The molecule has 0 aliphatic carbocycles. The fraction of sp³-hybridized carbons (Fsp3) is 0.286. The van der Waals surface area contributed by atoms with Gasteiger partial charge >= 0.3 is 18.3 Å². The second-order valence-corrected chi connectivity index (χ2v) is 7.48. The average Bonchev–Trinajstić information content (AvgIpc) is 3.32. The van der Waals surface area contributed by atoms with E-state index >= 15 is 0 Å². The zero-order valence-electron chi connectivity index (χ0n) is 16.9. The Morgan fingerprint density at radius 3 is 2.64 bits per heavy atom. The van der Waals surface area contributed by atoms with E-state index in [-0.39, 0.29) is 23.2 Å². The van der Waals surface area contributed by atoms with E-state index in [1.807, 2.05) is 4.57 Å². The molecular formula is C21H17F3N4O5. The van der Waals surface area contributed by atoms with Crippen molar-refractivity contribution in [3.8, 4) is 5.75 Å².